The Bertz CT molecular complexity index is 1310. The summed E-state index contributed by atoms with van der Waals surface area (Å²) in [6.07, 6.45) is 2.98. The molecule has 10 heteroatoms. The van der Waals surface area contributed by atoms with Crippen LogP contribution in [-0.4, -0.2) is 61.6 Å². The molecule has 0 spiro atoms. The van der Waals surface area contributed by atoms with Crippen molar-refractivity contribution < 1.29 is 33.4 Å². The van der Waals surface area contributed by atoms with Crippen molar-refractivity contribution in [3.63, 3.8) is 0 Å². The number of hydrogen-bond acceptors (Lipinski definition) is 7. The van der Waals surface area contributed by atoms with Crippen molar-refractivity contribution in [3.05, 3.63) is 77.9 Å². The molecule has 0 radical (unpaired) electrons. The average Bonchev–Trinajstić information content (AvgIpc) is 3.81. The zero-order valence-electron chi connectivity index (χ0n) is 25.8. The van der Waals surface area contributed by atoms with Gasteiger partial charge in [-0.2, -0.15) is 0 Å². The van der Waals surface area contributed by atoms with E-state index >= 15 is 0 Å². The van der Waals surface area contributed by atoms with Gasteiger partial charge in [-0.25, -0.2) is 4.79 Å². The Morgan fingerprint density at radius 1 is 0.932 bits per heavy atom. The molecule has 10 nitrogen and oxygen atoms in total. The van der Waals surface area contributed by atoms with E-state index in [1.54, 1.807) is 25.3 Å². The molecular formula is C34H43N3O7. The highest BCUT2D eigenvalue weighted by atomic mass is 16.6. The molecule has 3 amide bonds. The second-order valence-corrected chi connectivity index (χ2v) is 11.8. The van der Waals surface area contributed by atoms with Gasteiger partial charge in [-0.1, -0.05) is 69.3 Å². The molecule has 0 saturated carbocycles. The van der Waals surface area contributed by atoms with Gasteiger partial charge >= 0.3 is 5.97 Å². The maximum atomic E-state index is 13.4. The third-order valence-electron chi connectivity index (χ3n) is 7.87. The van der Waals surface area contributed by atoms with Crippen LogP contribution in [0.1, 0.15) is 57.3 Å². The zero-order valence-corrected chi connectivity index (χ0v) is 25.8. The Kier molecular flexibility index (Phi) is 11.5. The van der Waals surface area contributed by atoms with Gasteiger partial charge in [0.2, 0.25) is 17.7 Å². The van der Waals surface area contributed by atoms with Crippen molar-refractivity contribution in [3.8, 4) is 5.75 Å². The molecule has 2 aliphatic rings. The molecule has 0 aliphatic carbocycles. The number of nitrogens with one attached hydrogen (secondary N) is 3. The molecule has 1 unspecified atom stereocenters. The van der Waals surface area contributed by atoms with E-state index in [0.717, 1.165) is 11.1 Å². The van der Waals surface area contributed by atoms with Crippen molar-refractivity contribution >= 4 is 23.7 Å². The summed E-state index contributed by atoms with van der Waals surface area (Å²) in [7, 11) is 1.57. The van der Waals surface area contributed by atoms with Gasteiger partial charge in [-0.05, 0) is 41.7 Å². The number of carbonyl (C=O) groups excluding carboxylic acids is 4. The zero-order chi connectivity index (χ0) is 31.6. The molecule has 1 fully saturated rings. The molecule has 2 heterocycles. The van der Waals surface area contributed by atoms with Gasteiger partial charge in [0.1, 0.15) is 30.0 Å². The molecule has 2 aromatic rings. The number of esters is 1. The first-order chi connectivity index (χ1) is 21.1. The molecule has 44 heavy (non-hydrogen) atoms. The van der Waals surface area contributed by atoms with Crippen LogP contribution < -0.4 is 20.7 Å². The van der Waals surface area contributed by atoms with Crippen LogP contribution in [0.4, 0.5) is 0 Å². The van der Waals surface area contributed by atoms with Crippen molar-refractivity contribution in [2.24, 2.45) is 11.8 Å². The highest BCUT2D eigenvalue weighted by Crippen LogP contribution is 2.45. The van der Waals surface area contributed by atoms with E-state index in [9.17, 15) is 19.2 Å². The smallest absolute Gasteiger partial charge is 0.328 e. The molecule has 2 aromatic carbocycles. The predicted molar refractivity (Wildman–Crippen MR) is 164 cm³/mol. The number of rotatable bonds is 8. The molecule has 3 N–H and O–H groups in total. The number of hydrogen-bond donors (Lipinski definition) is 3. The van der Waals surface area contributed by atoms with Crippen molar-refractivity contribution in [1.29, 1.82) is 0 Å². The summed E-state index contributed by atoms with van der Waals surface area (Å²) >= 11 is 0. The van der Waals surface area contributed by atoms with Crippen LogP contribution in [0.15, 0.2) is 66.7 Å². The fraction of sp³-hybridized carbons (Fsp3) is 0.471. The van der Waals surface area contributed by atoms with E-state index in [0.29, 0.717) is 12.2 Å². The number of epoxide rings is 1. The molecular weight excluding hydrogens is 562 g/mol. The quantitative estimate of drug-likeness (QED) is 0.310. The number of ether oxygens (including phenoxy) is 3. The normalized spacial score (nSPS) is 26.5. The summed E-state index contributed by atoms with van der Waals surface area (Å²) in [5.74, 6) is -1.18. The minimum absolute atomic E-state index is 0.0365. The fourth-order valence-electron chi connectivity index (χ4n) is 5.36. The van der Waals surface area contributed by atoms with Crippen LogP contribution in [0, 0.1) is 11.8 Å². The summed E-state index contributed by atoms with van der Waals surface area (Å²) in [6.45, 7) is 5.93. The molecule has 4 rings (SSSR count). The molecule has 0 aromatic heterocycles. The first kappa shape index (κ1) is 32.7. The average molecular weight is 606 g/mol. The van der Waals surface area contributed by atoms with Crippen LogP contribution in [0.2, 0.25) is 0 Å². The van der Waals surface area contributed by atoms with Gasteiger partial charge in [-0.3, -0.25) is 14.4 Å². The highest BCUT2D eigenvalue weighted by molar-refractivity contribution is 5.93. The standard InChI is InChI=1S/C34H43N3O7/c1-21(2)19-27-34(41)43-28(22(3)31-32(44-31)24-9-6-5-7-10-24)11-8-12-29(38)36-26(33(40)35-18-17-30(39)37-27)20-23-13-15-25(42-4)16-14-23/h5-10,12-16,21-22,26-28,31-32H,11,17-20H2,1-4H3,(H,35,40)(H,36,38)(H,37,39)/b12-8+/t22-,26?,27-,28-,31+,32+/m0/s1. The van der Waals surface area contributed by atoms with E-state index in [1.807, 2.05) is 63.2 Å². The van der Waals surface area contributed by atoms with E-state index in [4.69, 9.17) is 14.2 Å². The predicted octanol–water partition coefficient (Wildman–Crippen LogP) is 3.41. The van der Waals surface area contributed by atoms with Crippen molar-refractivity contribution in [1.82, 2.24) is 16.0 Å². The van der Waals surface area contributed by atoms with E-state index in [2.05, 4.69) is 16.0 Å². The van der Waals surface area contributed by atoms with Crippen LogP contribution in [0.5, 0.6) is 5.75 Å². The maximum absolute atomic E-state index is 13.4. The minimum atomic E-state index is -0.871. The van der Waals surface area contributed by atoms with Gasteiger partial charge in [0, 0.05) is 31.7 Å². The largest absolute Gasteiger partial charge is 0.497 e. The lowest BCUT2D eigenvalue weighted by Gasteiger charge is -2.26. The summed E-state index contributed by atoms with van der Waals surface area (Å²) in [4.78, 5) is 52.4. The van der Waals surface area contributed by atoms with Gasteiger partial charge < -0.3 is 30.2 Å². The molecule has 6 atom stereocenters. The van der Waals surface area contributed by atoms with E-state index in [1.165, 1.54) is 6.08 Å². The molecule has 2 aliphatic heterocycles. The van der Waals surface area contributed by atoms with Crippen LogP contribution in [0.25, 0.3) is 0 Å². The second kappa shape index (κ2) is 15.5. The Labute approximate surface area is 258 Å². The van der Waals surface area contributed by atoms with Crippen LogP contribution in [0.3, 0.4) is 0 Å². The minimum Gasteiger partial charge on any atom is -0.497 e. The van der Waals surface area contributed by atoms with E-state index in [-0.39, 0.29) is 55.8 Å². The fourth-order valence-corrected chi connectivity index (χ4v) is 5.36. The maximum Gasteiger partial charge on any atom is 0.328 e. The summed E-state index contributed by atoms with van der Waals surface area (Å²) in [6, 6.07) is 15.4. The topological polar surface area (TPSA) is 135 Å². The number of carbonyl (C=O) groups is 4. The van der Waals surface area contributed by atoms with E-state index < -0.39 is 36.0 Å². The first-order valence-electron chi connectivity index (χ1n) is 15.2. The lowest BCUT2D eigenvalue weighted by molar-refractivity contribution is -0.156. The third kappa shape index (κ3) is 9.41. The van der Waals surface area contributed by atoms with Crippen LogP contribution >= 0.6 is 0 Å². The Morgan fingerprint density at radius 3 is 2.34 bits per heavy atom. The SMILES string of the molecule is COc1ccc(CC2NC(=O)/C=C/C[C@@H]([C@H](C)[C@H]3O[C@@H]3c3ccccc3)OC(=O)[C@H](CC(C)C)NC(=O)CCNC2=O)cc1. The molecule has 0 bridgehead atoms. The molecule has 236 valence electrons. The molecule has 1 saturated heterocycles. The summed E-state index contributed by atoms with van der Waals surface area (Å²) in [5.41, 5.74) is 1.88. The highest BCUT2D eigenvalue weighted by Gasteiger charge is 2.47. The monoisotopic (exact) mass is 605 g/mol. The number of cyclic esters (lactones) is 1. The van der Waals surface area contributed by atoms with Gasteiger partial charge in [0.25, 0.3) is 0 Å². The lowest BCUT2D eigenvalue weighted by atomic mass is 9.93. The number of benzene rings is 2. The van der Waals surface area contributed by atoms with Crippen LogP contribution in [-0.2, 0) is 35.1 Å². The van der Waals surface area contributed by atoms with Crippen molar-refractivity contribution in [2.75, 3.05) is 13.7 Å². The number of amides is 3. The van der Waals surface area contributed by atoms with Gasteiger partial charge in [-0.15, -0.1) is 0 Å². The third-order valence-corrected chi connectivity index (χ3v) is 7.87. The Hall–Kier alpha value is -4.18. The number of methoxy groups -OCH3 is 1. The summed E-state index contributed by atoms with van der Waals surface area (Å²) < 4.78 is 17.3. The second-order valence-electron chi connectivity index (χ2n) is 11.8. The Morgan fingerprint density at radius 2 is 1.66 bits per heavy atom. The summed E-state index contributed by atoms with van der Waals surface area (Å²) in [5, 5.41) is 8.33. The first-order valence-corrected chi connectivity index (χ1v) is 15.2. The van der Waals surface area contributed by atoms with Gasteiger partial charge in [0.15, 0.2) is 0 Å². The van der Waals surface area contributed by atoms with Gasteiger partial charge in [0.05, 0.1) is 13.2 Å². The lowest BCUT2D eigenvalue weighted by Crippen LogP contribution is -2.49. The van der Waals surface area contributed by atoms with Crippen molar-refractivity contribution in [2.45, 2.75) is 76.9 Å². The Balaban J connectivity index is 1.54.